The van der Waals surface area contributed by atoms with Crippen LogP contribution in [0.25, 0.3) is 0 Å². The molecule has 0 aromatic heterocycles. The number of hydrogen-bond acceptors (Lipinski definition) is 13. The van der Waals surface area contributed by atoms with E-state index in [1.807, 2.05) is 0 Å². The minimum absolute atomic E-state index is 0. The van der Waals surface area contributed by atoms with Gasteiger partial charge < -0.3 is 19.7 Å². The maximum Gasteiger partial charge on any atom is 0.338 e. The van der Waals surface area contributed by atoms with Crippen molar-refractivity contribution in [3.63, 3.8) is 0 Å². The summed E-state index contributed by atoms with van der Waals surface area (Å²) < 4.78 is 10.4. The summed E-state index contributed by atoms with van der Waals surface area (Å²) in [5.41, 5.74) is 1.22. The van der Waals surface area contributed by atoms with Gasteiger partial charge in [0.25, 0.3) is 23.6 Å². The van der Waals surface area contributed by atoms with E-state index < -0.39 is 97.8 Å². The lowest BCUT2D eigenvalue weighted by Crippen LogP contribution is -2.62. The zero-order valence-corrected chi connectivity index (χ0v) is 33.5. The monoisotopic (exact) mass is 878 g/mol. The van der Waals surface area contributed by atoms with Crippen LogP contribution in [0, 0.1) is 30.6 Å². The molecule has 0 bridgehead atoms. The van der Waals surface area contributed by atoms with Gasteiger partial charge in [-0.3, -0.25) is 38.6 Å². The summed E-state index contributed by atoms with van der Waals surface area (Å²) in [6.07, 6.45) is 8.44. The van der Waals surface area contributed by atoms with Crippen LogP contribution in [0.3, 0.4) is 0 Å². The molecular formula is C48H38N4O13. The number of aliphatic hydroxyl groups is 2. The number of aliphatic hydroxyl groups excluding tert-OH is 2. The number of anilines is 2. The number of nitrogens with zero attached hydrogens (tertiary/aromatic N) is 4. The number of ether oxygens (including phenoxy) is 2. The minimum atomic E-state index is -1.68. The molecule has 3 aliphatic heterocycles. The molecule has 0 saturated carbocycles. The second-order valence-electron chi connectivity index (χ2n) is 14.6. The Bertz CT molecular complexity index is 2600. The van der Waals surface area contributed by atoms with Gasteiger partial charge in [0.05, 0.1) is 57.8 Å². The zero-order chi connectivity index (χ0) is 46.0. The first-order valence-electron chi connectivity index (χ1n) is 19.3. The Morgan fingerprint density at radius 1 is 0.615 bits per heavy atom. The van der Waals surface area contributed by atoms with Gasteiger partial charge in [0, 0.05) is 11.1 Å². The number of amides is 8. The third-order valence-corrected chi connectivity index (χ3v) is 10.4. The summed E-state index contributed by atoms with van der Waals surface area (Å²) in [6.45, 7) is 0.512. The van der Waals surface area contributed by atoms with Gasteiger partial charge in [-0.15, -0.1) is 19.4 Å². The number of hydrogen-bond donors (Lipinski definition) is 2. The molecular weight excluding hydrogens is 841 g/mol. The second kappa shape index (κ2) is 18.9. The maximum atomic E-state index is 13.5. The van der Waals surface area contributed by atoms with Crippen LogP contribution in [0.1, 0.15) is 87.1 Å². The molecule has 65 heavy (non-hydrogen) atoms. The van der Waals surface area contributed by atoms with Gasteiger partial charge in [0.2, 0.25) is 11.8 Å². The highest BCUT2D eigenvalue weighted by Crippen LogP contribution is 2.31. The van der Waals surface area contributed by atoms with Crippen LogP contribution in [-0.2, 0) is 19.1 Å². The van der Waals surface area contributed by atoms with Crippen molar-refractivity contribution >= 4 is 64.8 Å². The van der Waals surface area contributed by atoms with Crippen LogP contribution in [0.2, 0.25) is 0 Å². The molecule has 4 aromatic carbocycles. The number of allylic oxidation sites excluding steroid dienone is 1. The number of urea groups is 1. The summed E-state index contributed by atoms with van der Waals surface area (Å²) in [5, 5.41) is 21.7. The first kappa shape index (κ1) is 46.0. The smallest absolute Gasteiger partial charge is 0.338 e. The Morgan fingerprint density at radius 3 is 1.34 bits per heavy atom. The van der Waals surface area contributed by atoms with Crippen molar-refractivity contribution < 1.29 is 62.8 Å². The molecule has 17 heteroatoms. The fourth-order valence-electron chi connectivity index (χ4n) is 7.18. The van der Waals surface area contributed by atoms with Crippen LogP contribution in [0.4, 0.5) is 16.2 Å². The van der Waals surface area contributed by atoms with E-state index in [9.17, 15) is 53.4 Å². The third kappa shape index (κ3) is 8.78. The SMILES string of the molecule is C.C#Cc1ccc(N2C(=O)c3ccc(C(=O)OCC(O)CN4C(=O)C(CC=C)C(=O)N(CC(O)COC(=O)c5ccc6c(c5)C(=O)N(c5ccc(C#C)cc5)C6=O)C4=O)cc3C2=O)cc1. The van der Waals surface area contributed by atoms with Gasteiger partial charge >= 0.3 is 18.0 Å². The van der Waals surface area contributed by atoms with E-state index in [1.54, 1.807) is 24.3 Å². The number of barbiturate groups is 1. The van der Waals surface area contributed by atoms with E-state index in [0.717, 1.165) is 21.9 Å². The summed E-state index contributed by atoms with van der Waals surface area (Å²) in [6, 6.07) is 18.4. The molecule has 1 fully saturated rings. The van der Waals surface area contributed by atoms with E-state index in [-0.39, 0.29) is 58.6 Å². The number of β-amino-alcohol motifs (C(OH)–C–C–N with tert-alkyl or cyclic N) is 2. The molecule has 1 saturated heterocycles. The van der Waals surface area contributed by atoms with Gasteiger partial charge in [-0.2, -0.15) is 0 Å². The predicted molar refractivity (Wildman–Crippen MR) is 230 cm³/mol. The zero-order valence-electron chi connectivity index (χ0n) is 33.5. The molecule has 0 radical (unpaired) electrons. The maximum absolute atomic E-state index is 13.5. The number of terminal acetylenes is 2. The van der Waals surface area contributed by atoms with Gasteiger partial charge in [-0.1, -0.05) is 25.3 Å². The van der Waals surface area contributed by atoms with E-state index in [2.05, 4.69) is 18.4 Å². The minimum Gasteiger partial charge on any atom is -0.459 e. The van der Waals surface area contributed by atoms with Crippen molar-refractivity contribution in [3.8, 4) is 24.7 Å². The molecule has 0 spiro atoms. The van der Waals surface area contributed by atoms with Crippen LogP contribution in [-0.4, -0.2) is 112 Å². The number of esters is 2. The molecule has 2 atom stereocenters. The summed E-state index contributed by atoms with van der Waals surface area (Å²) >= 11 is 0. The Labute approximate surface area is 371 Å². The van der Waals surface area contributed by atoms with Crippen molar-refractivity contribution in [2.75, 3.05) is 36.1 Å². The Balaban J connectivity index is 0.00000700. The highest BCUT2D eigenvalue weighted by atomic mass is 16.5. The van der Waals surface area contributed by atoms with E-state index in [4.69, 9.17) is 22.3 Å². The molecule has 4 aromatic rings. The number of benzene rings is 4. The van der Waals surface area contributed by atoms with Crippen molar-refractivity contribution in [3.05, 3.63) is 142 Å². The molecule has 7 rings (SSSR count). The van der Waals surface area contributed by atoms with Gasteiger partial charge in [-0.25, -0.2) is 24.2 Å². The number of fused-ring (bicyclic) bond motifs is 2. The van der Waals surface area contributed by atoms with Crippen LogP contribution >= 0.6 is 0 Å². The fraction of sp³-hybridized carbons (Fsp3) is 0.188. The Morgan fingerprint density at radius 2 is 0.985 bits per heavy atom. The second-order valence-corrected chi connectivity index (χ2v) is 14.6. The average molecular weight is 879 g/mol. The Hall–Kier alpha value is -8.51. The predicted octanol–water partition coefficient (Wildman–Crippen LogP) is 3.61. The standard InChI is InChI=1S/C47H34N4O13.CH4/c1-4-7-36-39(54)48(22-32(52)24-63-45(60)28-12-18-34-37(20-28)43(58)50(41(34)56)30-14-8-26(5-2)9-15-30)47(62)49(40(36)55)23-33(53)25-64-46(61)29-13-19-35-38(21-29)44(59)51(42(35)57)31-16-10-27(6-3)11-17-31;/h2-4,8-21,32-33,36,52-53H,1,7,22-25H2;1H4. The first-order valence-corrected chi connectivity index (χ1v) is 19.3. The van der Waals surface area contributed by atoms with Gasteiger partial charge in [0.1, 0.15) is 31.3 Å². The molecule has 3 aliphatic rings. The number of carbonyl (C=O) groups is 9. The number of carbonyl (C=O) groups excluding carboxylic acids is 9. The third-order valence-electron chi connectivity index (χ3n) is 10.4. The summed E-state index contributed by atoms with van der Waals surface area (Å²) in [7, 11) is 0. The topological polar surface area (TPSA) is 226 Å². The highest BCUT2D eigenvalue weighted by molar-refractivity contribution is 6.35. The van der Waals surface area contributed by atoms with Crippen LogP contribution < -0.4 is 9.80 Å². The van der Waals surface area contributed by atoms with E-state index >= 15 is 0 Å². The quantitative estimate of drug-likeness (QED) is 0.0608. The lowest BCUT2D eigenvalue weighted by molar-refractivity contribution is -0.151. The first-order chi connectivity index (χ1) is 30.7. The molecule has 328 valence electrons. The molecule has 0 aliphatic carbocycles. The molecule has 2 N–H and O–H groups in total. The fourth-order valence-corrected chi connectivity index (χ4v) is 7.18. The number of imide groups is 4. The van der Waals surface area contributed by atoms with Gasteiger partial charge in [0.15, 0.2) is 0 Å². The van der Waals surface area contributed by atoms with E-state index in [0.29, 0.717) is 20.9 Å². The Kier molecular flexibility index (Phi) is 13.3. The average Bonchev–Trinajstić information content (AvgIpc) is 3.71. The molecule has 17 nitrogen and oxygen atoms in total. The van der Waals surface area contributed by atoms with Crippen molar-refractivity contribution in [1.29, 1.82) is 0 Å². The highest BCUT2D eigenvalue weighted by Gasteiger charge is 2.46. The van der Waals surface area contributed by atoms with Crippen molar-refractivity contribution in [2.24, 2.45) is 5.92 Å². The van der Waals surface area contributed by atoms with Crippen LogP contribution in [0.15, 0.2) is 97.6 Å². The summed E-state index contributed by atoms with van der Waals surface area (Å²) in [4.78, 5) is 122. The molecule has 2 unspecified atom stereocenters. The lowest BCUT2D eigenvalue weighted by atomic mass is 9.99. The summed E-state index contributed by atoms with van der Waals surface area (Å²) in [5.74, 6) is -3.26. The number of rotatable bonds is 14. The molecule has 3 heterocycles. The lowest BCUT2D eigenvalue weighted by Gasteiger charge is -2.38. The van der Waals surface area contributed by atoms with Crippen molar-refractivity contribution in [2.45, 2.75) is 26.1 Å². The van der Waals surface area contributed by atoms with Gasteiger partial charge in [-0.05, 0) is 91.3 Å². The van der Waals surface area contributed by atoms with Crippen LogP contribution in [0.5, 0.6) is 0 Å². The normalized spacial score (nSPS) is 16.3. The molecule has 8 amide bonds. The largest absolute Gasteiger partial charge is 0.459 e. The van der Waals surface area contributed by atoms with Crippen molar-refractivity contribution in [1.82, 2.24) is 9.80 Å². The van der Waals surface area contributed by atoms with E-state index in [1.165, 1.54) is 54.6 Å².